The average molecular weight is 451 g/mol. The number of sulfonamides is 1. The van der Waals surface area contributed by atoms with Crippen LogP contribution in [-0.4, -0.2) is 51.8 Å². The monoisotopic (exact) mass is 450 g/mol. The molecule has 3 rings (SSSR count). The van der Waals surface area contributed by atoms with Crippen LogP contribution < -0.4 is 15.9 Å². The SMILES string of the molecule is CNS(=O)(=O)c1cc(NC(=O)CSc2nnc(-n3nc(C)cc3C)n2N)ccc1C. The van der Waals surface area contributed by atoms with Crippen molar-refractivity contribution in [2.45, 2.75) is 30.8 Å². The highest BCUT2D eigenvalue weighted by Crippen LogP contribution is 2.21. The molecule has 0 saturated heterocycles. The number of carbonyl (C=O) groups excluding carboxylic acids is 1. The fourth-order valence-electron chi connectivity index (χ4n) is 2.75. The van der Waals surface area contributed by atoms with E-state index in [0.717, 1.165) is 23.1 Å². The summed E-state index contributed by atoms with van der Waals surface area (Å²) in [7, 11) is -2.29. The molecule has 0 unspecified atom stereocenters. The molecule has 0 spiro atoms. The third kappa shape index (κ3) is 4.47. The maximum Gasteiger partial charge on any atom is 0.271 e. The molecule has 3 aromatic rings. The highest BCUT2D eigenvalue weighted by atomic mass is 32.2. The van der Waals surface area contributed by atoms with E-state index in [-0.39, 0.29) is 16.6 Å². The van der Waals surface area contributed by atoms with E-state index in [0.29, 0.717) is 22.4 Å². The van der Waals surface area contributed by atoms with Crippen molar-refractivity contribution < 1.29 is 13.2 Å². The summed E-state index contributed by atoms with van der Waals surface area (Å²) in [5.74, 6) is 6.06. The molecule has 30 heavy (non-hydrogen) atoms. The summed E-state index contributed by atoms with van der Waals surface area (Å²) in [4.78, 5) is 12.4. The van der Waals surface area contributed by atoms with Gasteiger partial charge in [-0.25, -0.2) is 22.5 Å². The molecule has 1 amide bonds. The molecule has 4 N–H and O–H groups in total. The van der Waals surface area contributed by atoms with Gasteiger partial charge in [0.25, 0.3) is 5.95 Å². The number of nitrogens with one attached hydrogen (secondary N) is 2. The largest absolute Gasteiger partial charge is 0.334 e. The number of aromatic nitrogens is 5. The van der Waals surface area contributed by atoms with Crippen LogP contribution in [0.5, 0.6) is 0 Å². The van der Waals surface area contributed by atoms with Crippen LogP contribution in [0.2, 0.25) is 0 Å². The van der Waals surface area contributed by atoms with E-state index in [1.165, 1.54) is 17.8 Å². The lowest BCUT2D eigenvalue weighted by Gasteiger charge is -2.10. The minimum atomic E-state index is -3.63. The Morgan fingerprint density at radius 1 is 1.20 bits per heavy atom. The van der Waals surface area contributed by atoms with Crippen LogP contribution in [0.15, 0.2) is 34.3 Å². The van der Waals surface area contributed by atoms with Crippen molar-refractivity contribution in [2.75, 3.05) is 24.0 Å². The molecule has 11 nitrogen and oxygen atoms in total. The summed E-state index contributed by atoms with van der Waals surface area (Å²) < 4.78 is 29.3. The van der Waals surface area contributed by atoms with Crippen molar-refractivity contribution in [3.05, 3.63) is 41.2 Å². The van der Waals surface area contributed by atoms with E-state index >= 15 is 0 Å². The zero-order valence-electron chi connectivity index (χ0n) is 16.9. The number of thioether (sulfide) groups is 1. The molecule has 0 fully saturated rings. The van der Waals surface area contributed by atoms with Gasteiger partial charge in [-0.15, -0.1) is 10.2 Å². The van der Waals surface area contributed by atoms with Crippen molar-refractivity contribution in [2.24, 2.45) is 0 Å². The first-order valence-electron chi connectivity index (χ1n) is 8.83. The molecule has 160 valence electrons. The van der Waals surface area contributed by atoms with E-state index in [2.05, 4.69) is 25.3 Å². The molecule has 0 atom stereocenters. The molecule has 0 saturated carbocycles. The predicted molar refractivity (Wildman–Crippen MR) is 114 cm³/mol. The van der Waals surface area contributed by atoms with E-state index in [4.69, 9.17) is 5.84 Å². The van der Waals surface area contributed by atoms with Gasteiger partial charge in [-0.1, -0.05) is 17.8 Å². The highest BCUT2D eigenvalue weighted by Gasteiger charge is 2.18. The Bertz CT molecular complexity index is 1200. The topological polar surface area (TPSA) is 150 Å². The quantitative estimate of drug-likeness (QED) is 0.352. The molecule has 0 aliphatic heterocycles. The van der Waals surface area contributed by atoms with Crippen molar-refractivity contribution in [3.63, 3.8) is 0 Å². The van der Waals surface area contributed by atoms with Gasteiger partial charge >= 0.3 is 0 Å². The highest BCUT2D eigenvalue weighted by molar-refractivity contribution is 7.99. The number of nitrogens with two attached hydrogens (primary N) is 1. The number of anilines is 1. The average Bonchev–Trinajstić information content (AvgIpc) is 3.22. The van der Waals surface area contributed by atoms with Gasteiger partial charge in [-0.2, -0.15) is 5.10 Å². The summed E-state index contributed by atoms with van der Waals surface area (Å²) >= 11 is 1.10. The van der Waals surface area contributed by atoms with E-state index in [1.54, 1.807) is 23.7 Å². The van der Waals surface area contributed by atoms with Gasteiger partial charge in [0.2, 0.25) is 21.1 Å². The number of hydrogen-bond acceptors (Lipinski definition) is 8. The van der Waals surface area contributed by atoms with Crippen LogP contribution in [0, 0.1) is 20.8 Å². The second kappa shape index (κ2) is 8.45. The minimum absolute atomic E-state index is 0.00837. The summed E-state index contributed by atoms with van der Waals surface area (Å²) in [6.45, 7) is 5.41. The maximum absolute atomic E-state index is 12.3. The number of rotatable bonds is 7. The number of aryl methyl sites for hydroxylation is 3. The normalized spacial score (nSPS) is 11.6. The number of hydrogen-bond donors (Lipinski definition) is 3. The van der Waals surface area contributed by atoms with Crippen molar-refractivity contribution in [3.8, 4) is 5.95 Å². The second-order valence-corrected chi connectivity index (χ2v) is 9.31. The Balaban J connectivity index is 1.69. The van der Waals surface area contributed by atoms with Crippen LogP contribution in [0.4, 0.5) is 5.69 Å². The maximum atomic E-state index is 12.3. The molecular weight excluding hydrogens is 428 g/mol. The zero-order valence-corrected chi connectivity index (χ0v) is 18.5. The Morgan fingerprint density at radius 3 is 2.57 bits per heavy atom. The molecule has 0 radical (unpaired) electrons. The summed E-state index contributed by atoms with van der Waals surface area (Å²) in [6.07, 6.45) is 0. The third-order valence-corrected chi connectivity index (χ3v) is 6.71. The fourth-order valence-corrected chi connectivity index (χ4v) is 4.39. The molecule has 13 heteroatoms. The standard InChI is InChI=1S/C17H22N8O3S2/c1-10-5-6-13(8-14(10)30(27,28)19-4)20-15(26)9-29-17-22-21-16(24(17)18)25-12(3)7-11(2)23-25/h5-8,19H,9,18H2,1-4H3,(H,20,26). The number of amides is 1. The summed E-state index contributed by atoms with van der Waals surface area (Å²) in [6, 6.07) is 6.57. The Labute approximate surface area is 178 Å². The Hall–Kier alpha value is -2.90. The zero-order chi connectivity index (χ0) is 22.1. The van der Waals surface area contributed by atoms with Gasteiger partial charge in [0.1, 0.15) is 0 Å². The van der Waals surface area contributed by atoms with Gasteiger partial charge < -0.3 is 11.2 Å². The third-order valence-electron chi connectivity index (χ3n) is 4.21. The molecule has 0 aliphatic carbocycles. The predicted octanol–water partition coefficient (Wildman–Crippen LogP) is 0.742. The smallest absolute Gasteiger partial charge is 0.271 e. The number of benzene rings is 1. The molecular formula is C17H22N8O3S2. The van der Waals surface area contributed by atoms with Gasteiger partial charge in [-0.05, 0) is 51.6 Å². The second-order valence-electron chi connectivity index (χ2n) is 6.52. The first kappa shape index (κ1) is 21.8. The lowest BCUT2D eigenvalue weighted by molar-refractivity contribution is -0.113. The van der Waals surface area contributed by atoms with Crippen molar-refractivity contribution in [1.29, 1.82) is 0 Å². The molecule has 2 heterocycles. The first-order valence-corrected chi connectivity index (χ1v) is 11.3. The number of nitrogens with zero attached hydrogens (tertiary/aromatic N) is 5. The molecule has 0 aliphatic rings. The van der Waals surface area contributed by atoms with Gasteiger partial charge in [-0.3, -0.25) is 4.79 Å². The molecule has 0 bridgehead atoms. The Kier molecular flexibility index (Phi) is 6.14. The number of nitrogen functional groups attached to an aromatic ring is 1. The number of carbonyl (C=O) groups is 1. The lowest BCUT2D eigenvalue weighted by Crippen LogP contribution is -2.21. The van der Waals surface area contributed by atoms with E-state index in [1.807, 2.05) is 19.9 Å². The lowest BCUT2D eigenvalue weighted by atomic mass is 10.2. The van der Waals surface area contributed by atoms with Crippen LogP contribution in [-0.2, 0) is 14.8 Å². The fraction of sp³-hybridized carbons (Fsp3) is 0.294. The van der Waals surface area contributed by atoms with Gasteiger partial charge in [0.05, 0.1) is 16.3 Å². The minimum Gasteiger partial charge on any atom is -0.334 e. The Morgan fingerprint density at radius 2 is 1.93 bits per heavy atom. The van der Waals surface area contributed by atoms with Crippen LogP contribution in [0.25, 0.3) is 5.95 Å². The molecule has 2 aromatic heterocycles. The molecule has 1 aromatic carbocycles. The van der Waals surface area contributed by atoms with Crippen LogP contribution in [0.3, 0.4) is 0 Å². The van der Waals surface area contributed by atoms with E-state index in [9.17, 15) is 13.2 Å². The van der Waals surface area contributed by atoms with Gasteiger partial charge in [0.15, 0.2) is 0 Å². The van der Waals surface area contributed by atoms with Crippen LogP contribution in [0.1, 0.15) is 17.0 Å². The van der Waals surface area contributed by atoms with E-state index < -0.39 is 10.0 Å². The summed E-state index contributed by atoms with van der Waals surface area (Å²) in [5.41, 5.74) is 2.62. The first-order chi connectivity index (χ1) is 14.1. The van der Waals surface area contributed by atoms with Crippen molar-refractivity contribution in [1.82, 2.24) is 29.4 Å². The summed E-state index contributed by atoms with van der Waals surface area (Å²) in [5, 5.41) is 15.4. The van der Waals surface area contributed by atoms with Crippen molar-refractivity contribution >= 4 is 33.4 Å². The van der Waals surface area contributed by atoms with Crippen LogP contribution >= 0.6 is 11.8 Å². The van der Waals surface area contributed by atoms with Gasteiger partial charge in [0, 0.05) is 11.4 Å².